The molecule has 1 aromatic carbocycles. The molecule has 0 atom stereocenters. The van der Waals surface area contributed by atoms with E-state index >= 15 is 0 Å². The van der Waals surface area contributed by atoms with Gasteiger partial charge in [0.1, 0.15) is 23.2 Å². The zero-order valence-corrected chi connectivity index (χ0v) is 17.5. The third kappa shape index (κ3) is 4.28. The number of carbonyl (C=O) groups is 1. The number of nitrogens with zero attached hydrogens (tertiary/aromatic N) is 4. The molecule has 0 N–H and O–H groups in total. The van der Waals surface area contributed by atoms with Crippen molar-refractivity contribution in [3.05, 3.63) is 94.7 Å². The van der Waals surface area contributed by atoms with Crippen LogP contribution in [0.1, 0.15) is 27.2 Å². The third-order valence-corrected chi connectivity index (χ3v) is 5.00. The molecule has 4 rings (SSSR count). The molecular formula is C23H21ClN4O2. The van der Waals surface area contributed by atoms with E-state index in [2.05, 4.69) is 9.97 Å². The van der Waals surface area contributed by atoms with Crippen LogP contribution in [0.5, 0.6) is 5.75 Å². The first kappa shape index (κ1) is 19.9. The molecule has 0 aliphatic heterocycles. The summed E-state index contributed by atoms with van der Waals surface area (Å²) in [7, 11) is 1.75. The fraction of sp³-hybridized carbons (Fsp3) is 0.174. The Morgan fingerprint density at radius 2 is 2.00 bits per heavy atom. The number of carbonyl (C=O) groups excluding carboxylic acids is 1. The summed E-state index contributed by atoms with van der Waals surface area (Å²) in [6.45, 7) is 2.71. The van der Waals surface area contributed by atoms with Crippen molar-refractivity contribution in [1.29, 1.82) is 0 Å². The highest BCUT2D eigenvalue weighted by Gasteiger charge is 2.17. The van der Waals surface area contributed by atoms with Crippen molar-refractivity contribution in [2.24, 2.45) is 0 Å². The van der Waals surface area contributed by atoms with Crippen molar-refractivity contribution in [3.8, 4) is 5.75 Å². The van der Waals surface area contributed by atoms with Gasteiger partial charge < -0.3 is 14.0 Å². The Hall–Kier alpha value is -3.38. The molecule has 0 aliphatic rings. The van der Waals surface area contributed by atoms with Gasteiger partial charge in [0, 0.05) is 32.2 Å². The lowest BCUT2D eigenvalue weighted by molar-refractivity contribution is 0.0780. The van der Waals surface area contributed by atoms with Crippen molar-refractivity contribution < 1.29 is 9.53 Å². The Balaban J connectivity index is 1.49. The van der Waals surface area contributed by atoms with Crippen molar-refractivity contribution in [1.82, 2.24) is 19.3 Å². The smallest absolute Gasteiger partial charge is 0.257 e. The van der Waals surface area contributed by atoms with Crippen LogP contribution in [0.3, 0.4) is 0 Å². The number of para-hydroxylation sites is 1. The monoisotopic (exact) mass is 420 g/mol. The number of fused-ring (bicyclic) bond motifs is 1. The quantitative estimate of drug-likeness (QED) is 0.429. The summed E-state index contributed by atoms with van der Waals surface area (Å²) in [4.78, 5) is 23.3. The van der Waals surface area contributed by atoms with E-state index in [9.17, 15) is 4.79 Å². The number of hydrogen-bond donors (Lipinski definition) is 0. The summed E-state index contributed by atoms with van der Waals surface area (Å²) >= 11 is 5.83. The molecule has 6 nitrogen and oxygen atoms in total. The number of amides is 1. The summed E-state index contributed by atoms with van der Waals surface area (Å²) in [5.74, 6) is 0.392. The lowest BCUT2D eigenvalue weighted by atomic mass is 10.1. The molecule has 4 aromatic rings. The number of ether oxygens (including phenoxy) is 1. The molecule has 0 bridgehead atoms. The molecule has 0 aliphatic carbocycles. The van der Waals surface area contributed by atoms with Gasteiger partial charge in [-0.2, -0.15) is 0 Å². The van der Waals surface area contributed by atoms with E-state index in [0.29, 0.717) is 23.0 Å². The van der Waals surface area contributed by atoms with E-state index in [1.54, 1.807) is 36.3 Å². The third-order valence-electron chi connectivity index (χ3n) is 4.78. The zero-order chi connectivity index (χ0) is 21.1. The first-order chi connectivity index (χ1) is 14.5. The predicted molar refractivity (Wildman–Crippen MR) is 116 cm³/mol. The minimum Gasteiger partial charge on any atom is -0.486 e. The van der Waals surface area contributed by atoms with Crippen LogP contribution in [-0.4, -0.2) is 32.2 Å². The highest BCUT2D eigenvalue weighted by molar-refractivity contribution is 6.29. The predicted octanol–water partition coefficient (Wildman–Crippen LogP) is 4.54. The second kappa shape index (κ2) is 8.55. The van der Waals surface area contributed by atoms with E-state index in [-0.39, 0.29) is 12.5 Å². The number of aromatic nitrogens is 3. The van der Waals surface area contributed by atoms with Crippen LogP contribution < -0.4 is 4.74 Å². The highest BCUT2D eigenvalue weighted by atomic mass is 35.5. The number of pyridine rings is 2. The second-order valence-corrected chi connectivity index (χ2v) is 7.48. The van der Waals surface area contributed by atoms with Gasteiger partial charge in [-0.05, 0) is 42.3 Å². The molecule has 1 amide bonds. The van der Waals surface area contributed by atoms with Crippen molar-refractivity contribution in [2.75, 3.05) is 7.05 Å². The van der Waals surface area contributed by atoms with Gasteiger partial charge in [-0.1, -0.05) is 35.9 Å². The number of halogens is 1. The van der Waals surface area contributed by atoms with Crippen LogP contribution in [0.25, 0.3) is 5.65 Å². The maximum atomic E-state index is 13.0. The Morgan fingerprint density at radius 3 is 2.77 bits per heavy atom. The number of imidazole rings is 1. The molecule has 0 spiro atoms. The SMILES string of the molecule is Cc1cccn2cc(COc3ccccc3C(=O)N(C)Cc3ccc(Cl)nc3)nc12. The fourth-order valence-corrected chi connectivity index (χ4v) is 3.36. The largest absolute Gasteiger partial charge is 0.486 e. The van der Waals surface area contributed by atoms with Crippen LogP contribution >= 0.6 is 11.6 Å². The molecule has 0 fully saturated rings. The summed E-state index contributed by atoms with van der Waals surface area (Å²) in [5.41, 5.74) is 4.19. The Labute approximate surface area is 179 Å². The molecule has 7 heteroatoms. The Kier molecular flexibility index (Phi) is 5.68. The Morgan fingerprint density at radius 1 is 1.17 bits per heavy atom. The maximum Gasteiger partial charge on any atom is 0.257 e. The normalized spacial score (nSPS) is 10.9. The van der Waals surface area contributed by atoms with E-state index in [1.807, 2.05) is 54.0 Å². The number of benzene rings is 1. The molecule has 0 saturated carbocycles. The van der Waals surface area contributed by atoms with E-state index < -0.39 is 0 Å². The van der Waals surface area contributed by atoms with Crippen molar-refractivity contribution in [2.45, 2.75) is 20.1 Å². The maximum absolute atomic E-state index is 13.0. The zero-order valence-electron chi connectivity index (χ0n) is 16.7. The van der Waals surface area contributed by atoms with Gasteiger partial charge in [-0.15, -0.1) is 0 Å². The van der Waals surface area contributed by atoms with Gasteiger partial charge in [0.25, 0.3) is 5.91 Å². The van der Waals surface area contributed by atoms with Gasteiger partial charge in [-0.3, -0.25) is 4.79 Å². The highest BCUT2D eigenvalue weighted by Crippen LogP contribution is 2.22. The molecule has 152 valence electrons. The summed E-state index contributed by atoms with van der Waals surface area (Å²) in [6.07, 6.45) is 5.56. The number of hydrogen-bond acceptors (Lipinski definition) is 4. The summed E-state index contributed by atoms with van der Waals surface area (Å²) in [6, 6.07) is 14.8. The topological polar surface area (TPSA) is 59.7 Å². The number of rotatable bonds is 6. The molecular weight excluding hydrogens is 400 g/mol. The lowest BCUT2D eigenvalue weighted by Gasteiger charge is -2.19. The molecule has 3 aromatic heterocycles. The van der Waals surface area contributed by atoms with Crippen molar-refractivity contribution in [3.63, 3.8) is 0 Å². The average molecular weight is 421 g/mol. The molecule has 0 saturated heterocycles. The molecule has 0 unspecified atom stereocenters. The van der Waals surface area contributed by atoms with Crippen LogP contribution in [0, 0.1) is 6.92 Å². The van der Waals surface area contributed by atoms with E-state index in [0.717, 1.165) is 22.5 Å². The molecule has 30 heavy (non-hydrogen) atoms. The van der Waals surface area contributed by atoms with Gasteiger partial charge in [0.05, 0.1) is 11.3 Å². The van der Waals surface area contributed by atoms with Crippen LogP contribution in [0.2, 0.25) is 5.15 Å². The minimum atomic E-state index is -0.133. The standard InChI is InChI=1S/C23H21ClN4O2/c1-16-6-5-11-28-14-18(26-22(16)28)15-30-20-8-4-3-7-19(20)23(29)27(2)13-17-9-10-21(24)25-12-17/h3-12,14H,13,15H2,1-2H3. The second-order valence-electron chi connectivity index (χ2n) is 7.09. The van der Waals surface area contributed by atoms with Gasteiger partial charge in [-0.25, -0.2) is 9.97 Å². The summed E-state index contributed by atoms with van der Waals surface area (Å²) < 4.78 is 7.95. The van der Waals surface area contributed by atoms with Gasteiger partial charge >= 0.3 is 0 Å². The van der Waals surface area contributed by atoms with Crippen LogP contribution in [0.15, 0.2) is 67.1 Å². The van der Waals surface area contributed by atoms with E-state index in [4.69, 9.17) is 16.3 Å². The van der Waals surface area contributed by atoms with Crippen LogP contribution in [0.4, 0.5) is 0 Å². The molecule has 3 heterocycles. The minimum absolute atomic E-state index is 0.133. The van der Waals surface area contributed by atoms with Crippen molar-refractivity contribution >= 4 is 23.2 Å². The van der Waals surface area contributed by atoms with Gasteiger partial charge in [0.15, 0.2) is 0 Å². The van der Waals surface area contributed by atoms with Gasteiger partial charge in [0.2, 0.25) is 0 Å². The van der Waals surface area contributed by atoms with E-state index in [1.165, 1.54) is 0 Å². The Bertz CT molecular complexity index is 1190. The molecule has 0 radical (unpaired) electrons. The fourth-order valence-electron chi connectivity index (χ4n) is 3.25. The first-order valence-corrected chi connectivity index (χ1v) is 9.90. The summed E-state index contributed by atoms with van der Waals surface area (Å²) in [5, 5.41) is 0.425. The number of aryl methyl sites for hydroxylation is 1. The first-order valence-electron chi connectivity index (χ1n) is 9.52. The lowest BCUT2D eigenvalue weighted by Crippen LogP contribution is -2.26. The average Bonchev–Trinajstić information content (AvgIpc) is 3.18. The van der Waals surface area contributed by atoms with Crippen LogP contribution in [-0.2, 0) is 13.2 Å².